The predicted octanol–water partition coefficient (Wildman–Crippen LogP) is 1.88. The van der Waals surface area contributed by atoms with Crippen LogP contribution in [0, 0.1) is 5.41 Å². The minimum Gasteiger partial charge on any atom is -0.479 e. The number of carbonyl (C=O) groups is 3. The molecule has 4 rings (SSSR count). The number of carboxylic acid groups (broad SMARTS) is 1. The van der Waals surface area contributed by atoms with Crippen molar-refractivity contribution in [3.8, 4) is 11.1 Å². The number of carboxylic acids is 1. The number of fused-ring (bicyclic) bond motifs is 3. The second kappa shape index (κ2) is 9.82. The first kappa shape index (κ1) is 23.7. The Bertz CT molecular complexity index is 1040. The number of nitrogens with one attached hydrogen (secondary N) is 2. The normalized spacial score (nSPS) is 21.9. The fraction of sp³-hybridized carbons (Fsp3) is 0.400. The van der Waals surface area contributed by atoms with E-state index in [1.54, 1.807) is 6.92 Å². The van der Waals surface area contributed by atoms with Gasteiger partial charge in [-0.2, -0.15) is 0 Å². The minimum atomic E-state index is -1.55. The molecule has 0 radical (unpaired) electrons. The minimum absolute atomic E-state index is 0.0143. The number of benzene rings is 2. The van der Waals surface area contributed by atoms with Crippen LogP contribution >= 0.6 is 0 Å². The number of rotatable bonds is 8. The summed E-state index contributed by atoms with van der Waals surface area (Å²) in [5.74, 6) is -1.82. The summed E-state index contributed by atoms with van der Waals surface area (Å²) in [6.45, 7) is 2.04. The van der Waals surface area contributed by atoms with Gasteiger partial charge in [0.25, 0.3) is 0 Å². The van der Waals surface area contributed by atoms with Gasteiger partial charge in [0.2, 0.25) is 5.91 Å². The fourth-order valence-corrected chi connectivity index (χ4v) is 4.53. The third-order valence-corrected chi connectivity index (χ3v) is 6.60. The molecular formula is C25H28N2O7. The number of aliphatic carboxylic acids is 1. The fourth-order valence-electron chi connectivity index (χ4n) is 4.53. The maximum absolute atomic E-state index is 12.7. The number of hydrogen-bond acceptors (Lipinski definition) is 6. The van der Waals surface area contributed by atoms with E-state index in [2.05, 4.69) is 22.8 Å². The van der Waals surface area contributed by atoms with Crippen LogP contribution in [0.2, 0.25) is 0 Å². The molecule has 1 aliphatic carbocycles. The van der Waals surface area contributed by atoms with E-state index in [9.17, 15) is 19.5 Å². The average molecular weight is 469 g/mol. The molecule has 0 spiro atoms. The summed E-state index contributed by atoms with van der Waals surface area (Å²) in [5.41, 5.74) is 3.42. The smallest absolute Gasteiger partial charge is 0.407 e. The zero-order valence-electron chi connectivity index (χ0n) is 18.8. The first-order valence-electron chi connectivity index (χ1n) is 11.2. The molecule has 1 fully saturated rings. The van der Waals surface area contributed by atoms with Crippen molar-refractivity contribution in [1.29, 1.82) is 0 Å². The molecule has 180 valence electrons. The lowest BCUT2D eigenvalue weighted by Crippen LogP contribution is -2.54. The maximum Gasteiger partial charge on any atom is 0.407 e. The van der Waals surface area contributed by atoms with E-state index in [1.165, 1.54) is 0 Å². The molecular weight excluding hydrogens is 440 g/mol. The highest BCUT2D eigenvalue weighted by Gasteiger charge is 2.47. The zero-order valence-corrected chi connectivity index (χ0v) is 18.8. The highest BCUT2D eigenvalue weighted by atomic mass is 16.5. The molecule has 3 atom stereocenters. The Balaban J connectivity index is 1.35. The summed E-state index contributed by atoms with van der Waals surface area (Å²) in [7, 11) is 0. The molecule has 2 amide bonds. The topological polar surface area (TPSA) is 134 Å². The van der Waals surface area contributed by atoms with Crippen molar-refractivity contribution in [1.82, 2.24) is 10.6 Å². The van der Waals surface area contributed by atoms with Gasteiger partial charge in [-0.25, -0.2) is 9.59 Å². The van der Waals surface area contributed by atoms with Gasteiger partial charge in [-0.3, -0.25) is 4.79 Å². The van der Waals surface area contributed by atoms with E-state index < -0.39 is 35.5 Å². The highest BCUT2D eigenvalue weighted by Crippen LogP contribution is 2.44. The van der Waals surface area contributed by atoms with Crippen LogP contribution in [-0.4, -0.2) is 66.7 Å². The van der Waals surface area contributed by atoms with Crippen LogP contribution in [0.1, 0.15) is 30.4 Å². The molecule has 0 aromatic heterocycles. The maximum atomic E-state index is 12.7. The van der Waals surface area contributed by atoms with Gasteiger partial charge in [0.15, 0.2) is 6.10 Å². The highest BCUT2D eigenvalue weighted by molar-refractivity contribution is 5.84. The Hall–Kier alpha value is -3.43. The van der Waals surface area contributed by atoms with Crippen molar-refractivity contribution >= 4 is 18.0 Å². The molecule has 1 heterocycles. The molecule has 0 saturated carbocycles. The van der Waals surface area contributed by atoms with Crippen LogP contribution in [-0.2, 0) is 19.1 Å². The number of aliphatic hydroxyl groups excluding tert-OH is 1. The zero-order chi connectivity index (χ0) is 24.3. The van der Waals surface area contributed by atoms with Crippen molar-refractivity contribution in [2.75, 3.05) is 26.4 Å². The average Bonchev–Trinajstić information content (AvgIpc) is 3.36. The summed E-state index contributed by atoms with van der Waals surface area (Å²) in [6.07, 6.45) is -2.32. The first-order chi connectivity index (χ1) is 16.3. The Morgan fingerprint density at radius 3 is 2.35 bits per heavy atom. The van der Waals surface area contributed by atoms with Crippen LogP contribution in [0.25, 0.3) is 11.1 Å². The Morgan fingerprint density at radius 1 is 1.12 bits per heavy atom. The number of alkyl carbamates (subject to hydrolysis) is 1. The Morgan fingerprint density at radius 2 is 1.74 bits per heavy atom. The second-order valence-corrected chi connectivity index (χ2v) is 8.85. The molecule has 1 aliphatic heterocycles. The van der Waals surface area contributed by atoms with E-state index in [4.69, 9.17) is 14.6 Å². The molecule has 3 unspecified atom stereocenters. The monoisotopic (exact) mass is 468 g/mol. The van der Waals surface area contributed by atoms with Gasteiger partial charge in [-0.05, 0) is 29.2 Å². The number of carbonyl (C=O) groups excluding carboxylic acids is 2. The quantitative estimate of drug-likeness (QED) is 0.465. The van der Waals surface area contributed by atoms with E-state index in [1.807, 2.05) is 36.4 Å². The van der Waals surface area contributed by atoms with Crippen LogP contribution in [0.3, 0.4) is 0 Å². The SMILES string of the molecule is CC1(C(=O)NCCC(O)C(=O)O)COCC1NC(=O)OCC1c2ccccc2-c2ccccc21. The van der Waals surface area contributed by atoms with Crippen molar-refractivity contribution in [3.05, 3.63) is 59.7 Å². The summed E-state index contributed by atoms with van der Waals surface area (Å²) in [6, 6.07) is 15.5. The standard InChI is InChI=1S/C25H28N2O7/c1-25(23(31)26-11-10-20(28)22(29)30)14-33-13-21(25)27-24(32)34-12-19-17-8-4-2-6-15(17)16-7-3-5-9-18(16)19/h2-9,19-21,28H,10-14H2,1H3,(H,26,31)(H,27,32)(H,29,30). The van der Waals surface area contributed by atoms with Crippen molar-refractivity contribution in [3.63, 3.8) is 0 Å². The van der Waals surface area contributed by atoms with Crippen molar-refractivity contribution in [2.24, 2.45) is 5.41 Å². The molecule has 9 nitrogen and oxygen atoms in total. The predicted molar refractivity (Wildman–Crippen MR) is 122 cm³/mol. The van der Waals surface area contributed by atoms with Gasteiger partial charge < -0.3 is 30.3 Å². The number of ether oxygens (including phenoxy) is 2. The first-order valence-corrected chi connectivity index (χ1v) is 11.2. The lowest BCUT2D eigenvalue weighted by atomic mass is 9.84. The van der Waals surface area contributed by atoms with Gasteiger partial charge >= 0.3 is 12.1 Å². The molecule has 4 N–H and O–H groups in total. The van der Waals surface area contributed by atoms with Gasteiger partial charge in [-0.1, -0.05) is 48.5 Å². The lowest BCUT2D eigenvalue weighted by Gasteiger charge is -2.28. The van der Waals surface area contributed by atoms with E-state index >= 15 is 0 Å². The number of amides is 2. The van der Waals surface area contributed by atoms with E-state index in [-0.39, 0.29) is 38.7 Å². The Kier molecular flexibility index (Phi) is 6.85. The van der Waals surface area contributed by atoms with Crippen LogP contribution in [0.15, 0.2) is 48.5 Å². The molecule has 0 bridgehead atoms. The second-order valence-electron chi connectivity index (χ2n) is 8.85. The van der Waals surface area contributed by atoms with Gasteiger partial charge in [-0.15, -0.1) is 0 Å². The summed E-state index contributed by atoms with van der Waals surface area (Å²) < 4.78 is 11.0. The van der Waals surface area contributed by atoms with Gasteiger partial charge in [0, 0.05) is 18.9 Å². The molecule has 2 aromatic carbocycles. The van der Waals surface area contributed by atoms with Gasteiger partial charge in [0.05, 0.1) is 24.7 Å². The third-order valence-electron chi connectivity index (χ3n) is 6.60. The van der Waals surface area contributed by atoms with E-state index in [0.717, 1.165) is 22.3 Å². The lowest BCUT2D eigenvalue weighted by molar-refractivity contribution is -0.147. The molecule has 34 heavy (non-hydrogen) atoms. The molecule has 2 aliphatic rings. The number of aliphatic hydroxyl groups is 1. The number of hydrogen-bond donors (Lipinski definition) is 4. The third kappa shape index (κ3) is 4.62. The molecule has 9 heteroatoms. The molecule has 1 saturated heterocycles. The van der Waals surface area contributed by atoms with Crippen molar-refractivity contribution in [2.45, 2.75) is 31.4 Å². The van der Waals surface area contributed by atoms with Gasteiger partial charge in [0.1, 0.15) is 6.61 Å². The largest absolute Gasteiger partial charge is 0.479 e. The Labute approximate surface area is 197 Å². The summed E-state index contributed by atoms with van der Waals surface area (Å²) in [5, 5.41) is 23.5. The summed E-state index contributed by atoms with van der Waals surface area (Å²) in [4.78, 5) is 36.1. The summed E-state index contributed by atoms with van der Waals surface area (Å²) >= 11 is 0. The van der Waals surface area contributed by atoms with Crippen molar-refractivity contribution < 1.29 is 34.1 Å². The van der Waals surface area contributed by atoms with Crippen LogP contribution in [0.5, 0.6) is 0 Å². The van der Waals surface area contributed by atoms with Crippen LogP contribution < -0.4 is 10.6 Å². The van der Waals surface area contributed by atoms with Crippen LogP contribution in [0.4, 0.5) is 4.79 Å². The van der Waals surface area contributed by atoms with E-state index in [0.29, 0.717) is 0 Å². The molecule has 2 aromatic rings.